The van der Waals surface area contributed by atoms with E-state index in [-0.39, 0.29) is 17.6 Å². The number of nitrogens with one attached hydrogen (secondary N) is 2. The van der Waals surface area contributed by atoms with Crippen molar-refractivity contribution >= 4 is 11.8 Å². The highest BCUT2D eigenvalue weighted by molar-refractivity contribution is 5.91. The van der Waals surface area contributed by atoms with E-state index in [2.05, 4.69) is 10.6 Å². The van der Waals surface area contributed by atoms with Crippen molar-refractivity contribution in [3.05, 3.63) is 47.9 Å². The fourth-order valence-corrected chi connectivity index (χ4v) is 2.23. The van der Waals surface area contributed by atoms with E-state index in [1.807, 2.05) is 12.1 Å². The molecule has 0 aliphatic carbocycles. The lowest BCUT2D eigenvalue weighted by Crippen LogP contribution is -2.34. The van der Waals surface area contributed by atoms with Gasteiger partial charge in [-0.2, -0.15) is 0 Å². The maximum absolute atomic E-state index is 11.9. The summed E-state index contributed by atoms with van der Waals surface area (Å²) < 4.78 is 15.4. The Kier molecular flexibility index (Phi) is 6.88. The standard InChI is InChI=1S/C18H22N2O5/c1-23-14-10-13(11-15(12-14)24-2)5-6-17(21)19-7-8-20-18(22)16-4-3-9-25-16/h3-4,9-12H,5-8H2,1-2H3,(H,19,21)(H,20,22). The molecule has 0 atom stereocenters. The second-order valence-corrected chi connectivity index (χ2v) is 5.30. The number of aryl methyl sites for hydroxylation is 1. The predicted octanol–water partition coefficient (Wildman–Crippen LogP) is 1.78. The van der Waals surface area contributed by atoms with Crippen molar-refractivity contribution in [2.75, 3.05) is 27.3 Å². The van der Waals surface area contributed by atoms with Crippen LogP contribution < -0.4 is 20.1 Å². The molecule has 0 fully saturated rings. The van der Waals surface area contributed by atoms with Crippen LogP contribution in [0.2, 0.25) is 0 Å². The summed E-state index contributed by atoms with van der Waals surface area (Å²) in [5, 5.41) is 5.43. The molecule has 1 heterocycles. The summed E-state index contributed by atoms with van der Waals surface area (Å²) in [6.07, 6.45) is 2.34. The highest BCUT2D eigenvalue weighted by atomic mass is 16.5. The summed E-state index contributed by atoms with van der Waals surface area (Å²) in [4.78, 5) is 23.5. The molecule has 7 nitrogen and oxygen atoms in total. The first-order chi connectivity index (χ1) is 12.1. The summed E-state index contributed by atoms with van der Waals surface area (Å²) in [5.74, 6) is 1.24. The smallest absolute Gasteiger partial charge is 0.287 e. The summed E-state index contributed by atoms with van der Waals surface area (Å²) in [6, 6.07) is 8.75. The van der Waals surface area contributed by atoms with Gasteiger partial charge >= 0.3 is 0 Å². The van der Waals surface area contributed by atoms with E-state index in [1.165, 1.54) is 6.26 Å². The molecule has 0 bridgehead atoms. The Labute approximate surface area is 146 Å². The minimum atomic E-state index is -0.303. The number of carbonyl (C=O) groups is 2. The molecule has 0 aliphatic rings. The molecular weight excluding hydrogens is 324 g/mol. The highest BCUT2D eigenvalue weighted by Gasteiger charge is 2.08. The van der Waals surface area contributed by atoms with Crippen molar-refractivity contribution in [3.63, 3.8) is 0 Å². The normalized spacial score (nSPS) is 10.2. The van der Waals surface area contributed by atoms with Gasteiger partial charge in [-0.3, -0.25) is 9.59 Å². The van der Waals surface area contributed by atoms with Crippen LogP contribution in [0.1, 0.15) is 22.5 Å². The summed E-state index contributed by atoms with van der Waals surface area (Å²) in [7, 11) is 3.17. The molecule has 1 aromatic heterocycles. The number of hydrogen-bond donors (Lipinski definition) is 2. The number of rotatable bonds is 9. The van der Waals surface area contributed by atoms with Gasteiger partial charge in [-0.05, 0) is 36.2 Å². The van der Waals surface area contributed by atoms with Crippen LogP contribution in [0.4, 0.5) is 0 Å². The average molecular weight is 346 g/mol. The molecule has 0 saturated carbocycles. The van der Waals surface area contributed by atoms with Crippen LogP contribution in [0, 0.1) is 0 Å². The first-order valence-electron chi connectivity index (χ1n) is 7.92. The third-order valence-electron chi connectivity index (χ3n) is 3.53. The zero-order valence-corrected chi connectivity index (χ0v) is 14.3. The van der Waals surface area contributed by atoms with E-state index in [9.17, 15) is 9.59 Å². The van der Waals surface area contributed by atoms with Crippen molar-refractivity contribution in [2.45, 2.75) is 12.8 Å². The highest BCUT2D eigenvalue weighted by Crippen LogP contribution is 2.23. The van der Waals surface area contributed by atoms with Crippen LogP contribution in [-0.4, -0.2) is 39.1 Å². The van der Waals surface area contributed by atoms with E-state index in [0.29, 0.717) is 37.4 Å². The second kappa shape index (κ2) is 9.36. The molecule has 1 aromatic carbocycles. The van der Waals surface area contributed by atoms with Crippen molar-refractivity contribution in [1.82, 2.24) is 10.6 Å². The van der Waals surface area contributed by atoms with E-state index in [1.54, 1.807) is 32.4 Å². The fourth-order valence-electron chi connectivity index (χ4n) is 2.23. The number of amides is 2. The van der Waals surface area contributed by atoms with Gasteiger partial charge in [0.25, 0.3) is 5.91 Å². The first kappa shape index (κ1) is 18.4. The molecule has 0 radical (unpaired) electrons. The van der Waals surface area contributed by atoms with E-state index < -0.39 is 0 Å². The summed E-state index contributed by atoms with van der Waals surface area (Å²) in [6.45, 7) is 0.685. The zero-order valence-electron chi connectivity index (χ0n) is 14.3. The molecular formula is C18H22N2O5. The van der Waals surface area contributed by atoms with Gasteiger partial charge in [0.15, 0.2) is 5.76 Å². The Morgan fingerprint density at radius 2 is 1.72 bits per heavy atom. The molecule has 0 spiro atoms. The summed E-state index contributed by atoms with van der Waals surface area (Å²) in [5.41, 5.74) is 0.956. The Morgan fingerprint density at radius 3 is 2.32 bits per heavy atom. The minimum Gasteiger partial charge on any atom is -0.497 e. The van der Waals surface area contributed by atoms with Crippen LogP contribution in [0.3, 0.4) is 0 Å². The SMILES string of the molecule is COc1cc(CCC(=O)NCCNC(=O)c2ccco2)cc(OC)c1. The quantitative estimate of drug-likeness (QED) is 0.676. The third-order valence-corrected chi connectivity index (χ3v) is 3.53. The molecule has 2 N–H and O–H groups in total. The van der Waals surface area contributed by atoms with Crippen LogP contribution in [0.25, 0.3) is 0 Å². The lowest BCUT2D eigenvalue weighted by molar-refractivity contribution is -0.121. The predicted molar refractivity (Wildman–Crippen MR) is 91.9 cm³/mol. The molecule has 2 aromatic rings. The average Bonchev–Trinajstić information content (AvgIpc) is 3.17. The van der Waals surface area contributed by atoms with Gasteiger partial charge in [0.1, 0.15) is 11.5 Å². The molecule has 0 unspecified atom stereocenters. The van der Waals surface area contributed by atoms with Crippen LogP contribution in [-0.2, 0) is 11.2 Å². The van der Waals surface area contributed by atoms with Gasteiger partial charge < -0.3 is 24.5 Å². The van der Waals surface area contributed by atoms with Crippen LogP contribution in [0.15, 0.2) is 41.0 Å². The van der Waals surface area contributed by atoms with E-state index >= 15 is 0 Å². The zero-order chi connectivity index (χ0) is 18.1. The van der Waals surface area contributed by atoms with Gasteiger partial charge in [0.2, 0.25) is 5.91 Å². The number of furan rings is 1. The lowest BCUT2D eigenvalue weighted by atomic mass is 10.1. The van der Waals surface area contributed by atoms with Gasteiger partial charge in [0, 0.05) is 25.6 Å². The minimum absolute atomic E-state index is 0.0889. The number of benzene rings is 1. The number of ether oxygens (including phenoxy) is 2. The van der Waals surface area contributed by atoms with Crippen molar-refractivity contribution in [2.24, 2.45) is 0 Å². The van der Waals surface area contributed by atoms with Gasteiger partial charge in [0.05, 0.1) is 20.5 Å². The van der Waals surface area contributed by atoms with Gasteiger partial charge in [-0.15, -0.1) is 0 Å². The topological polar surface area (TPSA) is 89.8 Å². The monoisotopic (exact) mass is 346 g/mol. The van der Waals surface area contributed by atoms with Crippen molar-refractivity contribution in [1.29, 1.82) is 0 Å². The second-order valence-electron chi connectivity index (χ2n) is 5.30. The van der Waals surface area contributed by atoms with Crippen LogP contribution >= 0.6 is 0 Å². The molecule has 0 saturated heterocycles. The van der Waals surface area contributed by atoms with Crippen molar-refractivity contribution in [3.8, 4) is 11.5 Å². The number of carbonyl (C=O) groups excluding carboxylic acids is 2. The third kappa shape index (κ3) is 5.87. The van der Waals surface area contributed by atoms with E-state index in [4.69, 9.17) is 13.9 Å². The molecule has 0 aliphatic heterocycles. The first-order valence-corrected chi connectivity index (χ1v) is 7.92. The lowest BCUT2D eigenvalue weighted by Gasteiger charge is -2.09. The number of methoxy groups -OCH3 is 2. The Bertz CT molecular complexity index is 675. The van der Waals surface area contributed by atoms with Crippen LogP contribution in [0.5, 0.6) is 11.5 Å². The van der Waals surface area contributed by atoms with E-state index in [0.717, 1.165) is 5.56 Å². The molecule has 25 heavy (non-hydrogen) atoms. The Hall–Kier alpha value is -2.96. The maximum atomic E-state index is 11.9. The molecule has 7 heteroatoms. The van der Waals surface area contributed by atoms with Gasteiger partial charge in [-0.25, -0.2) is 0 Å². The van der Waals surface area contributed by atoms with Crippen molar-refractivity contribution < 1.29 is 23.5 Å². The Balaban J connectivity index is 1.69. The Morgan fingerprint density at radius 1 is 1.04 bits per heavy atom. The summed E-state index contributed by atoms with van der Waals surface area (Å²) >= 11 is 0. The molecule has 134 valence electrons. The van der Waals surface area contributed by atoms with Gasteiger partial charge in [-0.1, -0.05) is 0 Å². The molecule has 2 amide bonds. The molecule has 2 rings (SSSR count). The number of hydrogen-bond acceptors (Lipinski definition) is 5. The largest absolute Gasteiger partial charge is 0.497 e. The fraction of sp³-hybridized carbons (Fsp3) is 0.333. The maximum Gasteiger partial charge on any atom is 0.287 e.